The van der Waals surface area contributed by atoms with Gasteiger partial charge in [0, 0.05) is 6.42 Å². The summed E-state index contributed by atoms with van der Waals surface area (Å²) in [4.78, 5) is 0. The normalized spacial score (nSPS) is 25.1. The first-order chi connectivity index (χ1) is 7.24. The molecule has 2 N–H and O–H groups in total. The van der Waals surface area contributed by atoms with Crippen molar-refractivity contribution in [2.75, 3.05) is 0 Å². The Morgan fingerprint density at radius 3 is 2.00 bits per heavy atom. The molecule has 2 unspecified atom stereocenters. The van der Waals surface area contributed by atoms with Crippen molar-refractivity contribution >= 4 is 0 Å². The number of aliphatic hydroxyl groups is 2. The van der Waals surface area contributed by atoms with Gasteiger partial charge in [-0.05, 0) is 31.1 Å². The standard InChI is InChI=1S/C14H28O2/c1-13(2,3)14(4,16)10-12(15)11-8-6-5-7-9-11/h11-12,15-16H,5-10H2,1-4H3. The first-order valence-corrected chi connectivity index (χ1v) is 6.64. The van der Waals surface area contributed by atoms with Gasteiger partial charge in [-0.15, -0.1) is 0 Å². The van der Waals surface area contributed by atoms with E-state index in [1.165, 1.54) is 19.3 Å². The maximum absolute atomic E-state index is 10.4. The van der Waals surface area contributed by atoms with Crippen molar-refractivity contribution in [3.05, 3.63) is 0 Å². The molecule has 16 heavy (non-hydrogen) atoms. The van der Waals surface area contributed by atoms with Crippen molar-refractivity contribution in [3.63, 3.8) is 0 Å². The molecule has 0 aromatic rings. The largest absolute Gasteiger partial charge is 0.393 e. The molecule has 1 rings (SSSR count). The highest BCUT2D eigenvalue weighted by Crippen LogP contribution is 2.37. The van der Waals surface area contributed by atoms with Crippen LogP contribution in [0.5, 0.6) is 0 Å². The van der Waals surface area contributed by atoms with Crippen LogP contribution >= 0.6 is 0 Å². The van der Waals surface area contributed by atoms with Gasteiger partial charge in [0.15, 0.2) is 0 Å². The van der Waals surface area contributed by atoms with Crippen molar-refractivity contribution in [2.45, 2.75) is 77.9 Å². The highest BCUT2D eigenvalue weighted by molar-refractivity contribution is 4.90. The van der Waals surface area contributed by atoms with Crippen LogP contribution in [0.1, 0.15) is 66.2 Å². The summed E-state index contributed by atoms with van der Waals surface area (Å²) in [5.74, 6) is 0.405. The van der Waals surface area contributed by atoms with Crippen LogP contribution in [0.4, 0.5) is 0 Å². The molecule has 2 atom stereocenters. The molecule has 2 heteroatoms. The van der Waals surface area contributed by atoms with Crippen molar-refractivity contribution in [1.29, 1.82) is 0 Å². The second kappa shape index (κ2) is 5.05. The van der Waals surface area contributed by atoms with Crippen LogP contribution < -0.4 is 0 Å². The SMILES string of the molecule is CC(C)(C)C(C)(O)CC(O)C1CCCCC1. The molecule has 0 amide bonds. The van der Waals surface area contributed by atoms with Crippen molar-refractivity contribution < 1.29 is 10.2 Å². The van der Waals surface area contributed by atoms with Gasteiger partial charge in [-0.25, -0.2) is 0 Å². The third kappa shape index (κ3) is 3.46. The Morgan fingerprint density at radius 1 is 1.06 bits per heavy atom. The Balaban J connectivity index is 2.52. The molecule has 0 aromatic carbocycles. The minimum absolute atomic E-state index is 0.178. The fraction of sp³-hybridized carbons (Fsp3) is 1.00. The van der Waals surface area contributed by atoms with Gasteiger partial charge in [0.1, 0.15) is 0 Å². The van der Waals surface area contributed by atoms with E-state index in [1.54, 1.807) is 0 Å². The Morgan fingerprint density at radius 2 is 1.56 bits per heavy atom. The third-order valence-corrected chi connectivity index (χ3v) is 4.42. The van der Waals surface area contributed by atoms with Crippen molar-refractivity contribution in [1.82, 2.24) is 0 Å². The lowest BCUT2D eigenvalue weighted by Crippen LogP contribution is -2.44. The van der Waals surface area contributed by atoms with Crippen LogP contribution in [-0.4, -0.2) is 21.9 Å². The summed E-state index contributed by atoms with van der Waals surface area (Å²) in [5.41, 5.74) is -0.966. The fourth-order valence-corrected chi connectivity index (χ4v) is 2.40. The zero-order valence-corrected chi connectivity index (χ0v) is 11.3. The lowest BCUT2D eigenvalue weighted by Gasteiger charge is -2.40. The van der Waals surface area contributed by atoms with Crippen LogP contribution in [0.3, 0.4) is 0 Å². The molecule has 0 aliphatic heterocycles. The molecule has 0 heterocycles. The molecule has 1 aliphatic carbocycles. The molecule has 1 fully saturated rings. The first-order valence-electron chi connectivity index (χ1n) is 6.64. The molecule has 0 spiro atoms. The second-order valence-corrected chi connectivity index (χ2v) is 6.69. The Bertz CT molecular complexity index is 209. The van der Waals surface area contributed by atoms with E-state index in [1.807, 2.05) is 27.7 Å². The lowest BCUT2D eigenvalue weighted by atomic mass is 9.72. The highest BCUT2D eigenvalue weighted by Gasteiger charge is 2.38. The van der Waals surface area contributed by atoms with Crippen LogP contribution in [0.25, 0.3) is 0 Å². The first kappa shape index (κ1) is 14.0. The second-order valence-electron chi connectivity index (χ2n) is 6.69. The monoisotopic (exact) mass is 228 g/mol. The van der Waals surface area contributed by atoms with Gasteiger partial charge in [0.25, 0.3) is 0 Å². The summed E-state index contributed by atoms with van der Waals surface area (Å²) in [6, 6.07) is 0. The molecular weight excluding hydrogens is 200 g/mol. The van der Waals surface area contributed by atoms with Gasteiger partial charge >= 0.3 is 0 Å². The Hall–Kier alpha value is -0.0800. The van der Waals surface area contributed by atoms with Crippen LogP contribution in [0.15, 0.2) is 0 Å². The minimum Gasteiger partial charge on any atom is -0.393 e. The van der Waals surface area contributed by atoms with E-state index in [2.05, 4.69) is 0 Å². The minimum atomic E-state index is -0.788. The fourth-order valence-electron chi connectivity index (χ4n) is 2.40. The quantitative estimate of drug-likeness (QED) is 0.779. The van der Waals surface area contributed by atoms with Crippen LogP contribution in [0, 0.1) is 11.3 Å². The highest BCUT2D eigenvalue weighted by atomic mass is 16.3. The van der Waals surface area contributed by atoms with E-state index >= 15 is 0 Å². The predicted molar refractivity (Wildman–Crippen MR) is 67.3 cm³/mol. The Labute approximate surface area is 100 Å². The molecule has 2 nitrogen and oxygen atoms in total. The zero-order valence-electron chi connectivity index (χ0n) is 11.3. The number of rotatable bonds is 3. The lowest BCUT2D eigenvalue weighted by molar-refractivity contribution is -0.0866. The average molecular weight is 228 g/mol. The molecule has 0 bridgehead atoms. The number of hydrogen-bond acceptors (Lipinski definition) is 2. The molecule has 96 valence electrons. The summed E-state index contributed by atoms with van der Waals surface area (Å²) in [7, 11) is 0. The van der Waals surface area contributed by atoms with Gasteiger partial charge in [-0.3, -0.25) is 0 Å². The summed E-state index contributed by atoms with van der Waals surface area (Å²) >= 11 is 0. The maximum atomic E-state index is 10.4. The van der Waals surface area contributed by atoms with Gasteiger partial charge in [-0.2, -0.15) is 0 Å². The van der Waals surface area contributed by atoms with Gasteiger partial charge < -0.3 is 10.2 Å². The van der Waals surface area contributed by atoms with Crippen molar-refractivity contribution in [2.24, 2.45) is 11.3 Å². The number of aliphatic hydroxyl groups excluding tert-OH is 1. The molecule has 0 radical (unpaired) electrons. The summed E-state index contributed by atoms with van der Waals surface area (Å²) in [6.45, 7) is 7.93. The van der Waals surface area contributed by atoms with Crippen LogP contribution in [-0.2, 0) is 0 Å². The van der Waals surface area contributed by atoms with Crippen molar-refractivity contribution in [3.8, 4) is 0 Å². The summed E-state index contributed by atoms with van der Waals surface area (Å²) < 4.78 is 0. The zero-order chi connectivity index (χ0) is 12.4. The smallest absolute Gasteiger partial charge is 0.0692 e. The van der Waals surface area contributed by atoms with Crippen LogP contribution in [0.2, 0.25) is 0 Å². The summed E-state index contributed by atoms with van der Waals surface area (Å²) in [5, 5.41) is 20.6. The van der Waals surface area contributed by atoms with Gasteiger partial charge in [0.05, 0.1) is 11.7 Å². The van der Waals surface area contributed by atoms with E-state index in [-0.39, 0.29) is 11.5 Å². The Kier molecular flexibility index (Phi) is 4.42. The topological polar surface area (TPSA) is 40.5 Å². The average Bonchev–Trinajstić information content (AvgIpc) is 2.16. The molecule has 1 aliphatic rings. The maximum Gasteiger partial charge on any atom is 0.0692 e. The number of hydrogen-bond donors (Lipinski definition) is 2. The molecule has 0 aromatic heterocycles. The van der Waals surface area contributed by atoms with Gasteiger partial charge in [-0.1, -0.05) is 40.0 Å². The summed E-state index contributed by atoms with van der Waals surface area (Å²) in [6.07, 6.45) is 6.19. The molecule has 1 saturated carbocycles. The predicted octanol–water partition coefficient (Wildman–Crippen LogP) is 3.11. The van der Waals surface area contributed by atoms with E-state index in [0.29, 0.717) is 12.3 Å². The van der Waals surface area contributed by atoms with Gasteiger partial charge in [0.2, 0.25) is 0 Å². The van der Waals surface area contributed by atoms with E-state index < -0.39 is 5.60 Å². The third-order valence-electron chi connectivity index (χ3n) is 4.42. The van der Waals surface area contributed by atoms with E-state index in [4.69, 9.17) is 0 Å². The molecule has 0 saturated heterocycles. The van der Waals surface area contributed by atoms with E-state index in [0.717, 1.165) is 12.8 Å². The van der Waals surface area contributed by atoms with E-state index in [9.17, 15) is 10.2 Å². The molecular formula is C14H28O2.